The van der Waals surface area contributed by atoms with Gasteiger partial charge in [0.05, 0.1) is 0 Å². The topological polar surface area (TPSA) is 379 Å². The molecule has 0 aromatic carbocycles. The quantitative estimate of drug-likeness (QED) is 0.239. The molecule has 0 saturated heterocycles. The Morgan fingerprint density at radius 3 is 0.526 bits per heavy atom. The summed E-state index contributed by atoms with van der Waals surface area (Å²) in [6, 6.07) is 0. The van der Waals surface area contributed by atoms with Crippen LogP contribution >= 0.6 is 0 Å². The second-order valence-electron chi connectivity index (χ2n) is 0.714. The van der Waals surface area contributed by atoms with Crippen molar-refractivity contribution in [2.24, 2.45) is 0 Å². The van der Waals surface area contributed by atoms with Gasteiger partial charge in [0.1, 0.15) is 0 Å². The minimum absolute atomic E-state index is 0. The molecule has 0 fully saturated rings. The summed E-state index contributed by atoms with van der Waals surface area (Å²) in [6.45, 7) is 0. The predicted octanol–water partition coefficient (Wildman–Crippen LogP) is -5.99. The number of rotatable bonds is 0. The molecule has 0 aromatic heterocycles. The van der Waals surface area contributed by atoms with Gasteiger partial charge in [-0.3, -0.25) is 0 Å². The van der Waals surface area contributed by atoms with E-state index in [2.05, 4.69) is 0 Å². The van der Waals surface area contributed by atoms with Crippen molar-refractivity contribution in [2.45, 2.75) is 0 Å². The Hall–Kier alpha value is -1.28. The number of hydrogen-bond donors (Lipinski definition) is 3. The van der Waals surface area contributed by atoms with Gasteiger partial charge in [0.15, 0.2) is 0 Å². The van der Waals surface area contributed by atoms with E-state index in [0.29, 0.717) is 0 Å². The second-order valence-corrected chi connectivity index (χ2v) is 0.714. The van der Waals surface area contributed by atoms with Crippen molar-refractivity contribution < 1.29 is 105 Å². The molecule has 123 valence electrons. The third kappa shape index (κ3) is 2230. The minimum Gasteiger partial charge on any atom is -0.412 e. The fraction of sp³-hybridized carbons (Fsp3) is 0. The molecule has 1 radical (unpaired) electrons. The molecule has 0 aliphatic heterocycles. The van der Waals surface area contributed by atoms with E-state index in [1.807, 2.05) is 0 Å². The summed E-state index contributed by atoms with van der Waals surface area (Å²) in [7, 11) is 0. The van der Waals surface area contributed by atoms with Crippen LogP contribution in [0.15, 0.2) is 0 Å². The third-order valence-corrected chi connectivity index (χ3v) is 0. The molecular formula is H15N3O15Pr. The van der Waals surface area contributed by atoms with Crippen LogP contribution in [0.1, 0.15) is 0 Å². The summed E-state index contributed by atoms with van der Waals surface area (Å²) in [4.78, 5) is 25.1. The molecule has 0 rings (SSSR count). The van der Waals surface area contributed by atoms with E-state index in [1.165, 1.54) is 0 Å². The zero-order valence-corrected chi connectivity index (χ0v) is 12.4. The monoisotopic (exact) mass is 438 g/mol. The van der Waals surface area contributed by atoms with Gasteiger partial charge in [-0.05, 0) is 0 Å². The van der Waals surface area contributed by atoms with E-state index in [-0.39, 0.29) is 74.1 Å². The molecular weight excluding hydrogens is 423 g/mol. The Kier molecular flexibility index (Phi) is 303. The van der Waals surface area contributed by atoms with Crippen LogP contribution in [-0.2, 0) is 0 Å². The first-order valence-electron chi connectivity index (χ1n) is 1.70. The summed E-state index contributed by atoms with van der Waals surface area (Å²) in [5.41, 5.74) is 0. The predicted molar refractivity (Wildman–Crippen MR) is 48.0 cm³/mol. The van der Waals surface area contributed by atoms with E-state index < -0.39 is 15.3 Å². The molecule has 0 saturated carbocycles. The SMILES string of the molecule is O.O.O.O.O.O.O=[N+]([O-])O.O=[N+]([O-])O.O=[N+]([O-])O.[Pr]. The molecule has 0 spiro atoms. The van der Waals surface area contributed by atoms with Gasteiger partial charge in [0.2, 0.25) is 0 Å². The van der Waals surface area contributed by atoms with E-state index in [1.54, 1.807) is 0 Å². The Labute approximate surface area is 135 Å². The Bertz CT molecular complexity index is 115. The van der Waals surface area contributed by atoms with Crippen LogP contribution in [0, 0.1) is 71.6 Å². The van der Waals surface area contributed by atoms with Crippen molar-refractivity contribution in [1.29, 1.82) is 0 Å². The Morgan fingerprint density at radius 2 is 0.526 bits per heavy atom. The summed E-state index contributed by atoms with van der Waals surface area (Å²) in [5, 5.41) is 40.9. The first-order valence-corrected chi connectivity index (χ1v) is 1.70. The van der Waals surface area contributed by atoms with Crippen LogP contribution < -0.4 is 0 Å². The average Bonchev–Trinajstić information content (AvgIpc) is 1.54. The zero-order chi connectivity index (χ0) is 10.7. The van der Waals surface area contributed by atoms with Crippen molar-refractivity contribution in [3.8, 4) is 0 Å². The van der Waals surface area contributed by atoms with Crippen molar-refractivity contribution in [1.82, 2.24) is 0 Å². The maximum Gasteiger partial charge on any atom is 0.291 e. The molecule has 19 heavy (non-hydrogen) atoms. The van der Waals surface area contributed by atoms with E-state index in [0.717, 1.165) is 0 Å². The average molecular weight is 438 g/mol. The van der Waals surface area contributed by atoms with Crippen LogP contribution in [0.4, 0.5) is 0 Å². The van der Waals surface area contributed by atoms with Crippen LogP contribution in [0.25, 0.3) is 0 Å². The summed E-state index contributed by atoms with van der Waals surface area (Å²) >= 11 is 0. The van der Waals surface area contributed by atoms with Gasteiger partial charge in [0, 0.05) is 41.3 Å². The molecule has 19 heteroatoms. The molecule has 15 N–H and O–H groups in total. The van der Waals surface area contributed by atoms with Crippen LogP contribution in [0.5, 0.6) is 0 Å². The van der Waals surface area contributed by atoms with Gasteiger partial charge in [-0.2, -0.15) is 0 Å². The summed E-state index contributed by atoms with van der Waals surface area (Å²) < 4.78 is 0. The Morgan fingerprint density at radius 1 is 0.526 bits per heavy atom. The fourth-order valence-corrected chi connectivity index (χ4v) is 0. The number of nitrogens with zero attached hydrogens (tertiary/aromatic N) is 3. The second kappa shape index (κ2) is 69.3. The summed E-state index contributed by atoms with van der Waals surface area (Å²) in [6.07, 6.45) is 0. The first-order chi connectivity index (χ1) is 5.20. The van der Waals surface area contributed by atoms with E-state index >= 15 is 0 Å². The standard InChI is InChI=1S/3HNO3.6H2O.Pr/c3*2-1(3)4;;;;;;;/h3*(H,2,3,4);6*1H2;. The largest absolute Gasteiger partial charge is 0.412 e. The van der Waals surface area contributed by atoms with Gasteiger partial charge >= 0.3 is 0 Å². The van der Waals surface area contributed by atoms with Gasteiger partial charge in [-0.25, -0.2) is 0 Å². The van der Waals surface area contributed by atoms with E-state index in [9.17, 15) is 0 Å². The van der Waals surface area contributed by atoms with Crippen molar-refractivity contribution in [3.05, 3.63) is 30.3 Å². The minimum atomic E-state index is -1.50. The summed E-state index contributed by atoms with van der Waals surface area (Å²) in [5.74, 6) is 0. The van der Waals surface area contributed by atoms with Gasteiger partial charge in [-0.15, -0.1) is 30.3 Å². The van der Waals surface area contributed by atoms with Crippen LogP contribution in [0.3, 0.4) is 0 Å². The van der Waals surface area contributed by atoms with Crippen molar-refractivity contribution in [2.75, 3.05) is 0 Å². The normalized spacial score (nSPS) is 3.79. The molecule has 18 nitrogen and oxygen atoms in total. The number of hydrogen-bond acceptors (Lipinski definition) is 6. The van der Waals surface area contributed by atoms with Crippen LogP contribution in [-0.4, -0.2) is 63.7 Å². The van der Waals surface area contributed by atoms with Crippen molar-refractivity contribution in [3.63, 3.8) is 0 Å². The molecule has 0 unspecified atom stereocenters. The molecule has 0 aliphatic carbocycles. The van der Waals surface area contributed by atoms with Gasteiger partial charge in [-0.1, -0.05) is 0 Å². The van der Waals surface area contributed by atoms with Gasteiger partial charge in [0.25, 0.3) is 15.3 Å². The molecule has 0 aromatic rings. The first kappa shape index (κ1) is 83.1. The fourth-order valence-electron chi connectivity index (χ4n) is 0. The molecule has 0 heterocycles. The van der Waals surface area contributed by atoms with Crippen molar-refractivity contribution >= 4 is 0 Å². The molecule has 0 atom stereocenters. The van der Waals surface area contributed by atoms with E-state index in [4.69, 9.17) is 46.0 Å². The zero-order valence-electron chi connectivity index (χ0n) is 8.71. The maximum atomic E-state index is 8.36. The Balaban J connectivity index is -0.00000000675. The van der Waals surface area contributed by atoms with Crippen LogP contribution in [0.2, 0.25) is 0 Å². The smallest absolute Gasteiger partial charge is 0.291 e. The molecule has 0 aliphatic rings. The molecule has 0 amide bonds. The molecule has 0 bridgehead atoms. The van der Waals surface area contributed by atoms with Gasteiger partial charge < -0.3 is 48.5 Å². The third-order valence-electron chi connectivity index (χ3n) is 0. The maximum absolute atomic E-state index is 8.36.